The maximum absolute atomic E-state index is 12.8. The summed E-state index contributed by atoms with van der Waals surface area (Å²) < 4.78 is 1.75. The minimum atomic E-state index is -0.274. The van der Waals surface area contributed by atoms with Crippen molar-refractivity contribution >= 4 is 23.4 Å². The number of pyridine rings is 1. The molecular weight excluding hydrogens is 408 g/mol. The summed E-state index contributed by atoms with van der Waals surface area (Å²) in [5, 5.41) is 3.65. The number of aromatic nitrogens is 3. The molecule has 2 aromatic heterocycles. The van der Waals surface area contributed by atoms with Crippen molar-refractivity contribution < 1.29 is 4.79 Å². The number of nitrogens with one attached hydrogen (secondary N) is 1. The summed E-state index contributed by atoms with van der Waals surface area (Å²) in [6.07, 6.45) is 5.59. The van der Waals surface area contributed by atoms with Gasteiger partial charge in [0.1, 0.15) is 5.03 Å². The average molecular weight is 435 g/mol. The van der Waals surface area contributed by atoms with E-state index in [4.69, 9.17) is 0 Å². The maximum Gasteiger partial charge on any atom is 0.349 e. The lowest BCUT2D eigenvalue weighted by Gasteiger charge is -2.22. The Morgan fingerprint density at radius 3 is 2.77 bits per heavy atom. The highest BCUT2D eigenvalue weighted by Gasteiger charge is 2.21. The van der Waals surface area contributed by atoms with E-state index in [0.29, 0.717) is 11.6 Å². The first kappa shape index (κ1) is 21.3. The van der Waals surface area contributed by atoms with Gasteiger partial charge in [-0.25, -0.2) is 4.79 Å². The summed E-state index contributed by atoms with van der Waals surface area (Å²) in [6.45, 7) is 4.43. The summed E-state index contributed by atoms with van der Waals surface area (Å²) in [7, 11) is 0. The van der Waals surface area contributed by atoms with Gasteiger partial charge in [-0.1, -0.05) is 35.5 Å². The van der Waals surface area contributed by atoms with Gasteiger partial charge < -0.3 is 5.32 Å². The molecule has 1 N–H and O–H groups in total. The number of carbonyl (C=O) groups excluding carboxylic acids is 1. The minimum absolute atomic E-state index is 0.0963. The molecular formula is C24H26N4O2S. The van der Waals surface area contributed by atoms with Gasteiger partial charge in [0.2, 0.25) is 5.91 Å². The standard InChI is InChI=1S/C24H26N4O2S/c1-16-10-11-20(17(2)13-16)26-22(29)15-31-23-19-8-3-4-9-21(19)28(24(30)27-23)14-18-7-5-6-12-25-18/h5-7,10-13H,3-4,8-9,14-15H2,1-2H3,(H,26,29). The predicted molar refractivity (Wildman–Crippen MR) is 124 cm³/mol. The maximum atomic E-state index is 12.8. The molecule has 7 heteroatoms. The predicted octanol–water partition coefficient (Wildman–Crippen LogP) is 3.91. The van der Waals surface area contributed by atoms with Crippen LogP contribution < -0.4 is 11.0 Å². The molecule has 160 valence electrons. The van der Waals surface area contributed by atoms with Gasteiger partial charge in [-0.05, 0) is 63.3 Å². The average Bonchev–Trinajstić information content (AvgIpc) is 2.77. The number of nitrogens with zero attached hydrogens (tertiary/aromatic N) is 3. The smallest absolute Gasteiger partial charge is 0.325 e. The van der Waals surface area contributed by atoms with E-state index < -0.39 is 0 Å². The fourth-order valence-electron chi connectivity index (χ4n) is 3.96. The Morgan fingerprint density at radius 2 is 2.00 bits per heavy atom. The third kappa shape index (κ3) is 5.05. The van der Waals surface area contributed by atoms with E-state index >= 15 is 0 Å². The minimum Gasteiger partial charge on any atom is -0.325 e. The second kappa shape index (κ2) is 9.47. The van der Waals surface area contributed by atoms with Crippen LogP contribution in [0.2, 0.25) is 0 Å². The van der Waals surface area contributed by atoms with Gasteiger partial charge in [-0.2, -0.15) is 4.98 Å². The van der Waals surface area contributed by atoms with Crippen molar-refractivity contribution in [2.75, 3.05) is 11.1 Å². The number of benzene rings is 1. The zero-order valence-corrected chi connectivity index (χ0v) is 18.7. The van der Waals surface area contributed by atoms with Crippen molar-refractivity contribution in [3.8, 4) is 0 Å². The highest BCUT2D eigenvalue weighted by Crippen LogP contribution is 2.29. The number of carbonyl (C=O) groups is 1. The molecule has 1 aliphatic carbocycles. The molecule has 0 radical (unpaired) electrons. The number of thioether (sulfide) groups is 1. The Hall–Kier alpha value is -2.93. The summed E-state index contributed by atoms with van der Waals surface area (Å²) in [5.74, 6) is 0.122. The summed E-state index contributed by atoms with van der Waals surface area (Å²) >= 11 is 1.35. The Balaban J connectivity index is 1.53. The fourth-order valence-corrected chi connectivity index (χ4v) is 4.83. The molecule has 6 nitrogen and oxygen atoms in total. The van der Waals surface area contributed by atoms with E-state index in [2.05, 4.69) is 15.3 Å². The van der Waals surface area contributed by atoms with Crippen LogP contribution in [0.25, 0.3) is 0 Å². The topological polar surface area (TPSA) is 76.9 Å². The number of fused-ring (bicyclic) bond motifs is 1. The molecule has 3 aromatic rings. The molecule has 0 aliphatic heterocycles. The number of hydrogen-bond acceptors (Lipinski definition) is 5. The Kier molecular flexibility index (Phi) is 6.51. The number of hydrogen-bond donors (Lipinski definition) is 1. The molecule has 0 unspecified atom stereocenters. The quantitative estimate of drug-likeness (QED) is 0.470. The van der Waals surface area contributed by atoms with Crippen LogP contribution in [0.3, 0.4) is 0 Å². The van der Waals surface area contributed by atoms with Crippen LogP contribution in [0.5, 0.6) is 0 Å². The molecule has 0 saturated carbocycles. The van der Waals surface area contributed by atoms with E-state index in [1.54, 1.807) is 10.8 Å². The van der Waals surface area contributed by atoms with Gasteiger partial charge in [0.15, 0.2) is 0 Å². The van der Waals surface area contributed by atoms with E-state index in [-0.39, 0.29) is 17.3 Å². The summed E-state index contributed by atoms with van der Waals surface area (Å²) in [6, 6.07) is 11.7. The molecule has 2 heterocycles. The van der Waals surface area contributed by atoms with Gasteiger partial charge in [0, 0.05) is 23.1 Å². The molecule has 1 aliphatic rings. The molecule has 0 spiro atoms. The zero-order chi connectivity index (χ0) is 21.8. The van der Waals surface area contributed by atoms with E-state index in [0.717, 1.165) is 59.4 Å². The third-order valence-corrected chi connectivity index (χ3v) is 6.51. The van der Waals surface area contributed by atoms with Crippen LogP contribution in [0.4, 0.5) is 5.69 Å². The molecule has 1 amide bonds. The second-order valence-electron chi connectivity index (χ2n) is 7.89. The van der Waals surface area contributed by atoms with Crippen LogP contribution in [-0.2, 0) is 24.2 Å². The lowest BCUT2D eigenvalue weighted by atomic mass is 9.97. The van der Waals surface area contributed by atoms with Crippen molar-refractivity contribution in [3.05, 3.63) is 81.2 Å². The van der Waals surface area contributed by atoms with Gasteiger partial charge in [0.05, 0.1) is 18.0 Å². The molecule has 1 aromatic carbocycles. The van der Waals surface area contributed by atoms with Crippen molar-refractivity contribution in [1.82, 2.24) is 14.5 Å². The van der Waals surface area contributed by atoms with E-state index in [1.807, 2.05) is 50.2 Å². The first-order chi connectivity index (χ1) is 15.0. The monoisotopic (exact) mass is 434 g/mol. The Bertz CT molecular complexity index is 1160. The molecule has 0 atom stereocenters. The SMILES string of the molecule is Cc1ccc(NC(=O)CSc2nc(=O)n(Cc3ccccn3)c3c2CCCC3)c(C)c1. The first-order valence-corrected chi connectivity index (χ1v) is 11.5. The Labute approximate surface area is 186 Å². The largest absolute Gasteiger partial charge is 0.349 e. The van der Waals surface area contributed by atoms with Gasteiger partial charge in [0.25, 0.3) is 0 Å². The molecule has 0 bridgehead atoms. The van der Waals surface area contributed by atoms with Crippen LogP contribution in [0.15, 0.2) is 52.4 Å². The van der Waals surface area contributed by atoms with Crippen LogP contribution in [0, 0.1) is 13.8 Å². The highest BCUT2D eigenvalue weighted by atomic mass is 32.2. The normalized spacial score (nSPS) is 13.0. The van der Waals surface area contributed by atoms with Crippen molar-refractivity contribution in [3.63, 3.8) is 0 Å². The molecule has 0 fully saturated rings. The first-order valence-electron chi connectivity index (χ1n) is 10.5. The lowest BCUT2D eigenvalue weighted by Crippen LogP contribution is -2.31. The van der Waals surface area contributed by atoms with Gasteiger partial charge in [-0.15, -0.1) is 0 Å². The van der Waals surface area contributed by atoms with Crippen LogP contribution >= 0.6 is 11.8 Å². The summed E-state index contributed by atoms with van der Waals surface area (Å²) in [5.41, 5.74) is 5.71. The molecule has 31 heavy (non-hydrogen) atoms. The summed E-state index contributed by atoms with van der Waals surface area (Å²) in [4.78, 5) is 34.1. The number of anilines is 1. The highest BCUT2D eigenvalue weighted by molar-refractivity contribution is 8.00. The van der Waals surface area contributed by atoms with Crippen LogP contribution in [0.1, 0.15) is 40.9 Å². The second-order valence-corrected chi connectivity index (χ2v) is 8.86. The molecule has 4 rings (SSSR count). The van der Waals surface area contributed by atoms with Gasteiger partial charge in [-0.3, -0.25) is 14.3 Å². The van der Waals surface area contributed by atoms with Crippen molar-refractivity contribution in [2.45, 2.75) is 51.1 Å². The zero-order valence-electron chi connectivity index (χ0n) is 17.9. The number of amides is 1. The third-order valence-electron chi connectivity index (χ3n) is 5.49. The number of aryl methyl sites for hydroxylation is 2. The van der Waals surface area contributed by atoms with E-state index in [1.165, 1.54) is 11.8 Å². The van der Waals surface area contributed by atoms with E-state index in [9.17, 15) is 9.59 Å². The Morgan fingerprint density at radius 1 is 1.16 bits per heavy atom. The van der Waals surface area contributed by atoms with Crippen molar-refractivity contribution in [1.29, 1.82) is 0 Å². The van der Waals surface area contributed by atoms with Gasteiger partial charge >= 0.3 is 5.69 Å². The molecule has 0 saturated heterocycles. The number of rotatable bonds is 6. The fraction of sp³-hybridized carbons (Fsp3) is 0.333. The lowest BCUT2D eigenvalue weighted by molar-refractivity contribution is -0.113. The van der Waals surface area contributed by atoms with Crippen LogP contribution in [-0.4, -0.2) is 26.2 Å². The van der Waals surface area contributed by atoms with Crippen molar-refractivity contribution in [2.24, 2.45) is 0 Å².